The summed E-state index contributed by atoms with van der Waals surface area (Å²) < 4.78 is 31.0. The Hall–Kier alpha value is -1.45. The molecule has 3 N–H and O–H groups in total. The molecule has 0 unspecified atom stereocenters. The number of esters is 1. The molecule has 0 spiro atoms. The van der Waals surface area contributed by atoms with Gasteiger partial charge in [0.1, 0.15) is 0 Å². The minimum atomic E-state index is -3.71. The second-order valence-corrected chi connectivity index (χ2v) is 6.29. The standard InChI is InChI=1S/C11H13BrN2O5S/c12-8-3-1-2-4-9(8)20(17,18)14-6-5-11(16)19-7-10(13)15/h1-4,14H,5-7H2,(H2,13,15). The molecule has 7 nitrogen and oxygen atoms in total. The average molecular weight is 365 g/mol. The number of hydrogen-bond donors (Lipinski definition) is 2. The van der Waals surface area contributed by atoms with Crippen LogP contribution in [-0.2, 0) is 24.3 Å². The predicted octanol–water partition coefficient (Wildman–Crippen LogP) is 0.146. The van der Waals surface area contributed by atoms with E-state index < -0.39 is 28.5 Å². The number of amides is 1. The maximum atomic E-state index is 11.9. The molecular weight excluding hydrogens is 352 g/mol. The lowest BCUT2D eigenvalue weighted by molar-refractivity contribution is -0.147. The van der Waals surface area contributed by atoms with Gasteiger partial charge in [-0.15, -0.1) is 0 Å². The first kappa shape index (κ1) is 16.6. The third-order valence-corrected chi connectivity index (χ3v) is 4.60. The summed E-state index contributed by atoms with van der Waals surface area (Å²) in [6.07, 6.45) is -0.197. The van der Waals surface area contributed by atoms with Gasteiger partial charge in [-0.2, -0.15) is 0 Å². The fourth-order valence-electron chi connectivity index (χ4n) is 1.25. The molecule has 0 heterocycles. The molecule has 0 aromatic heterocycles. The normalized spacial score (nSPS) is 11.1. The molecule has 0 atom stereocenters. The van der Waals surface area contributed by atoms with Crippen LogP contribution >= 0.6 is 15.9 Å². The molecule has 1 aromatic carbocycles. The Bertz CT molecular complexity index is 603. The highest BCUT2D eigenvalue weighted by molar-refractivity contribution is 9.10. The van der Waals surface area contributed by atoms with Crippen LogP contribution in [0.3, 0.4) is 0 Å². The number of hydrogen-bond acceptors (Lipinski definition) is 5. The van der Waals surface area contributed by atoms with Gasteiger partial charge in [0, 0.05) is 11.0 Å². The van der Waals surface area contributed by atoms with Crippen LogP contribution in [-0.4, -0.2) is 33.4 Å². The van der Waals surface area contributed by atoms with Crippen LogP contribution in [0.2, 0.25) is 0 Å². The van der Waals surface area contributed by atoms with Crippen LogP contribution < -0.4 is 10.5 Å². The minimum absolute atomic E-state index is 0.0745. The van der Waals surface area contributed by atoms with Crippen molar-refractivity contribution in [1.29, 1.82) is 0 Å². The van der Waals surface area contributed by atoms with Crippen molar-refractivity contribution in [2.45, 2.75) is 11.3 Å². The third kappa shape index (κ3) is 5.27. The van der Waals surface area contributed by atoms with Crippen molar-refractivity contribution in [3.8, 4) is 0 Å². The van der Waals surface area contributed by atoms with Crippen LogP contribution in [0.25, 0.3) is 0 Å². The third-order valence-electron chi connectivity index (χ3n) is 2.12. The number of sulfonamides is 1. The second kappa shape index (κ2) is 7.36. The zero-order chi connectivity index (χ0) is 15.2. The first-order valence-corrected chi connectivity index (χ1v) is 7.78. The topological polar surface area (TPSA) is 116 Å². The molecule has 0 aliphatic rings. The molecule has 0 fully saturated rings. The molecule has 0 radical (unpaired) electrons. The molecule has 20 heavy (non-hydrogen) atoms. The predicted molar refractivity (Wildman–Crippen MR) is 74.1 cm³/mol. The summed E-state index contributed by atoms with van der Waals surface area (Å²) in [6, 6.07) is 6.29. The summed E-state index contributed by atoms with van der Waals surface area (Å²) in [4.78, 5) is 21.6. The summed E-state index contributed by atoms with van der Waals surface area (Å²) in [6.45, 7) is -0.656. The lowest BCUT2D eigenvalue weighted by Gasteiger charge is -2.08. The monoisotopic (exact) mass is 364 g/mol. The molecule has 0 saturated heterocycles. The number of halogens is 1. The Morgan fingerprint density at radius 1 is 1.30 bits per heavy atom. The molecule has 1 amide bonds. The number of benzene rings is 1. The van der Waals surface area contributed by atoms with Crippen molar-refractivity contribution in [3.63, 3.8) is 0 Å². The number of ether oxygens (including phenoxy) is 1. The van der Waals surface area contributed by atoms with E-state index in [0.29, 0.717) is 4.47 Å². The number of nitrogens with two attached hydrogens (primary N) is 1. The smallest absolute Gasteiger partial charge is 0.307 e. The van der Waals surface area contributed by atoms with Gasteiger partial charge in [0.2, 0.25) is 10.0 Å². The summed E-state index contributed by atoms with van der Waals surface area (Å²) in [7, 11) is -3.71. The molecular formula is C11H13BrN2O5S. The van der Waals surface area contributed by atoms with Gasteiger partial charge in [-0.1, -0.05) is 12.1 Å². The van der Waals surface area contributed by atoms with Gasteiger partial charge < -0.3 is 10.5 Å². The van der Waals surface area contributed by atoms with E-state index in [1.165, 1.54) is 6.07 Å². The van der Waals surface area contributed by atoms with Gasteiger partial charge in [-0.05, 0) is 28.1 Å². The second-order valence-electron chi connectivity index (χ2n) is 3.71. The number of rotatable bonds is 7. The van der Waals surface area contributed by atoms with E-state index in [9.17, 15) is 18.0 Å². The summed E-state index contributed by atoms with van der Waals surface area (Å²) in [5, 5.41) is 0. The van der Waals surface area contributed by atoms with Crippen molar-refractivity contribution < 1.29 is 22.7 Å². The molecule has 110 valence electrons. The largest absolute Gasteiger partial charge is 0.456 e. The minimum Gasteiger partial charge on any atom is -0.456 e. The highest BCUT2D eigenvalue weighted by Gasteiger charge is 2.17. The van der Waals surface area contributed by atoms with Gasteiger partial charge in [0.05, 0.1) is 11.3 Å². The summed E-state index contributed by atoms with van der Waals surface area (Å²) in [5.41, 5.74) is 4.80. The maximum Gasteiger partial charge on any atom is 0.307 e. The zero-order valence-electron chi connectivity index (χ0n) is 10.3. The highest BCUT2D eigenvalue weighted by Crippen LogP contribution is 2.20. The van der Waals surface area contributed by atoms with E-state index in [1.54, 1.807) is 18.2 Å². The van der Waals surface area contributed by atoms with E-state index in [-0.39, 0.29) is 17.9 Å². The number of nitrogens with one attached hydrogen (secondary N) is 1. The Morgan fingerprint density at radius 2 is 1.95 bits per heavy atom. The lowest BCUT2D eigenvalue weighted by atomic mass is 10.4. The molecule has 9 heteroatoms. The van der Waals surface area contributed by atoms with Gasteiger partial charge in [0.25, 0.3) is 5.91 Å². The van der Waals surface area contributed by atoms with E-state index in [2.05, 4.69) is 25.4 Å². The SMILES string of the molecule is NC(=O)COC(=O)CCNS(=O)(=O)c1ccccc1Br. The van der Waals surface area contributed by atoms with Crippen molar-refractivity contribution in [2.75, 3.05) is 13.2 Å². The van der Waals surface area contributed by atoms with Crippen molar-refractivity contribution >= 4 is 37.8 Å². The van der Waals surface area contributed by atoms with Gasteiger partial charge in [-0.25, -0.2) is 13.1 Å². The van der Waals surface area contributed by atoms with Crippen LogP contribution in [0.15, 0.2) is 33.6 Å². The Morgan fingerprint density at radius 3 is 2.55 bits per heavy atom. The quantitative estimate of drug-likeness (QED) is 0.667. The van der Waals surface area contributed by atoms with Crippen LogP contribution in [0.4, 0.5) is 0 Å². The number of carbonyl (C=O) groups excluding carboxylic acids is 2. The van der Waals surface area contributed by atoms with E-state index >= 15 is 0 Å². The Kier molecular flexibility index (Phi) is 6.11. The van der Waals surface area contributed by atoms with Crippen molar-refractivity contribution in [3.05, 3.63) is 28.7 Å². The number of carbonyl (C=O) groups is 2. The lowest BCUT2D eigenvalue weighted by Crippen LogP contribution is -2.28. The van der Waals surface area contributed by atoms with Gasteiger partial charge in [-0.3, -0.25) is 9.59 Å². The first-order valence-electron chi connectivity index (χ1n) is 5.51. The summed E-state index contributed by atoms with van der Waals surface area (Å²) in [5.74, 6) is -1.48. The van der Waals surface area contributed by atoms with E-state index in [4.69, 9.17) is 5.73 Å². The molecule has 0 bridgehead atoms. The van der Waals surface area contributed by atoms with E-state index in [1.807, 2.05) is 0 Å². The van der Waals surface area contributed by atoms with Gasteiger partial charge in [0.15, 0.2) is 6.61 Å². The van der Waals surface area contributed by atoms with Crippen molar-refractivity contribution in [2.24, 2.45) is 5.73 Å². The first-order chi connectivity index (χ1) is 9.33. The van der Waals surface area contributed by atoms with Crippen LogP contribution in [0.1, 0.15) is 6.42 Å². The zero-order valence-corrected chi connectivity index (χ0v) is 12.7. The molecule has 0 aliphatic heterocycles. The van der Waals surface area contributed by atoms with Crippen molar-refractivity contribution in [1.82, 2.24) is 4.72 Å². The van der Waals surface area contributed by atoms with Crippen LogP contribution in [0, 0.1) is 0 Å². The van der Waals surface area contributed by atoms with Crippen LogP contribution in [0.5, 0.6) is 0 Å². The Balaban J connectivity index is 2.51. The summed E-state index contributed by atoms with van der Waals surface area (Å²) >= 11 is 3.13. The van der Waals surface area contributed by atoms with E-state index in [0.717, 1.165) is 0 Å². The molecule has 1 rings (SSSR count). The fraction of sp³-hybridized carbons (Fsp3) is 0.273. The fourth-order valence-corrected chi connectivity index (χ4v) is 3.28. The van der Waals surface area contributed by atoms with Gasteiger partial charge >= 0.3 is 5.97 Å². The number of primary amides is 1. The molecule has 0 saturated carbocycles. The molecule has 1 aromatic rings. The molecule has 0 aliphatic carbocycles. The maximum absolute atomic E-state index is 11.9. The average Bonchev–Trinajstić information content (AvgIpc) is 2.36. The highest BCUT2D eigenvalue weighted by atomic mass is 79.9. The Labute approximate surface area is 124 Å².